The first-order valence-electron chi connectivity index (χ1n) is 16.7. The summed E-state index contributed by atoms with van der Waals surface area (Å²) in [5, 5.41) is 0. The predicted octanol–water partition coefficient (Wildman–Crippen LogP) is 9.16. The van der Waals surface area contributed by atoms with E-state index in [2.05, 4.69) is 103 Å². The van der Waals surface area contributed by atoms with Gasteiger partial charge in [-0.15, -0.1) is 0 Å². The Morgan fingerprint density at radius 1 is 0.644 bits per heavy atom. The van der Waals surface area contributed by atoms with Gasteiger partial charge >= 0.3 is 41.2 Å². The zero-order chi connectivity index (χ0) is 33.5. The Balaban J connectivity index is 0.000000202. The molecule has 0 bridgehead atoms. The second-order valence-corrected chi connectivity index (χ2v) is 15.9. The quantitative estimate of drug-likeness (QED) is 0.231. The standard InChI is InChI=1S/C18H27BO2.C12H16BBrO2.C6H11.ClH.Zn/c1-17(2)18(3,4)21-19(20-17)16-11-9-15(10-12-16)13-14-7-5-6-8-14;1-11(2)12(3,4)16-13(15-11)9-5-7-10(14)8-6-9;1-6-4-2-3-5-6;;/h9-12,14H,5-8,13H2,1-4H3;5-8H,1-4H3;6H,1-5H2;1H;/q;;-1;;+2/p-1. The molecule has 2 saturated carbocycles. The molecule has 2 heterocycles. The summed E-state index contributed by atoms with van der Waals surface area (Å²) in [6.45, 7) is 20.6. The van der Waals surface area contributed by atoms with Gasteiger partial charge in [-0.1, -0.05) is 104 Å². The molecule has 2 aliphatic carbocycles. The average Bonchev–Trinajstić information content (AvgIpc) is 3.75. The summed E-state index contributed by atoms with van der Waals surface area (Å²) >= 11 is 4.26. The van der Waals surface area contributed by atoms with Crippen LogP contribution in [-0.4, -0.2) is 36.6 Å². The molecule has 45 heavy (non-hydrogen) atoms. The second-order valence-electron chi connectivity index (χ2n) is 15.0. The molecular formula is C36H54B2BrClO4Zn. The van der Waals surface area contributed by atoms with Crippen molar-refractivity contribution >= 4 is 50.8 Å². The van der Waals surface area contributed by atoms with Crippen LogP contribution in [0.2, 0.25) is 0 Å². The Hall–Kier alpha value is -0.197. The van der Waals surface area contributed by atoms with Crippen LogP contribution >= 0.6 is 25.6 Å². The van der Waals surface area contributed by atoms with E-state index in [1.807, 2.05) is 24.3 Å². The molecule has 2 aliphatic heterocycles. The molecule has 0 atom stereocenters. The van der Waals surface area contributed by atoms with E-state index >= 15 is 0 Å². The van der Waals surface area contributed by atoms with Crippen LogP contribution in [0.5, 0.6) is 0 Å². The summed E-state index contributed by atoms with van der Waals surface area (Å²) in [5.41, 5.74) is 2.56. The van der Waals surface area contributed by atoms with Gasteiger partial charge in [0.1, 0.15) is 0 Å². The summed E-state index contributed by atoms with van der Waals surface area (Å²) in [6.07, 6.45) is 12.5. The van der Waals surface area contributed by atoms with Crippen molar-refractivity contribution in [1.29, 1.82) is 0 Å². The van der Waals surface area contributed by atoms with Crippen molar-refractivity contribution in [1.82, 2.24) is 0 Å². The fourth-order valence-corrected chi connectivity index (χ4v) is 6.21. The summed E-state index contributed by atoms with van der Waals surface area (Å²) in [5.74, 6) is 1.69. The van der Waals surface area contributed by atoms with Gasteiger partial charge in [0.25, 0.3) is 0 Å². The third-order valence-electron chi connectivity index (χ3n) is 10.4. The predicted molar refractivity (Wildman–Crippen MR) is 191 cm³/mol. The molecule has 4 nitrogen and oxygen atoms in total. The molecule has 6 rings (SSSR count). The van der Waals surface area contributed by atoms with Crippen LogP contribution in [0.3, 0.4) is 0 Å². The number of halogens is 2. The van der Waals surface area contributed by atoms with E-state index in [4.69, 9.17) is 28.3 Å². The first kappa shape index (κ1) is 39.2. The number of benzene rings is 2. The zero-order valence-electron chi connectivity index (χ0n) is 29.1. The third-order valence-corrected chi connectivity index (χ3v) is 10.9. The van der Waals surface area contributed by atoms with Gasteiger partial charge in [0.15, 0.2) is 0 Å². The molecule has 9 heteroatoms. The van der Waals surface area contributed by atoms with Gasteiger partial charge in [0.2, 0.25) is 0 Å². The fraction of sp³-hybridized carbons (Fsp3) is 0.639. The maximum atomic E-state index is 6.10. The first-order chi connectivity index (χ1) is 21.1. The first-order valence-corrected chi connectivity index (χ1v) is 21.4. The monoisotopic (exact) mass is 750 g/mol. The van der Waals surface area contributed by atoms with Crippen molar-refractivity contribution in [3.8, 4) is 0 Å². The fourth-order valence-electron chi connectivity index (χ4n) is 5.95. The van der Waals surface area contributed by atoms with Crippen LogP contribution in [0, 0.1) is 18.8 Å². The van der Waals surface area contributed by atoms with E-state index in [-0.39, 0.29) is 36.6 Å². The summed E-state index contributed by atoms with van der Waals surface area (Å²) < 4.78 is 25.2. The maximum absolute atomic E-state index is 6.10. The number of rotatable bonds is 4. The van der Waals surface area contributed by atoms with Crippen molar-refractivity contribution in [2.24, 2.45) is 11.8 Å². The van der Waals surface area contributed by atoms with Gasteiger partial charge in [-0.25, -0.2) is 0 Å². The minimum absolute atomic E-state index is 0.240. The van der Waals surface area contributed by atoms with Gasteiger partial charge in [-0.2, -0.15) is 5.92 Å². The molecule has 2 aromatic carbocycles. The molecule has 244 valence electrons. The molecule has 0 amide bonds. The average molecular weight is 753 g/mol. The molecule has 0 radical (unpaired) electrons. The molecule has 4 aliphatic rings. The molecule has 2 saturated heterocycles. The summed E-state index contributed by atoms with van der Waals surface area (Å²) in [4.78, 5) is 0. The molecule has 0 N–H and O–H groups in total. The molecule has 0 spiro atoms. The van der Waals surface area contributed by atoms with Crippen molar-refractivity contribution in [3.05, 3.63) is 65.5 Å². The molecule has 2 aromatic rings. The summed E-state index contributed by atoms with van der Waals surface area (Å²) in [6, 6.07) is 16.9. The Kier molecular flexibility index (Phi) is 14.8. The minimum atomic E-state index is -0.273. The second kappa shape index (κ2) is 17.0. The molecule has 0 aromatic heterocycles. The zero-order valence-corrected chi connectivity index (χ0v) is 34.4. The van der Waals surface area contributed by atoms with E-state index in [1.54, 1.807) is 0 Å². The van der Waals surface area contributed by atoms with Crippen LogP contribution in [0.1, 0.15) is 112 Å². The van der Waals surface area contributed by atoms with Crippen LogP contribution in [0.25, 0.3) is 0 Å². The van der Waals surface area contributed by atoms with Crippen molar-refractivity contribution in [3.63, 3.8) is 0 Å². The number of hydrogen-bond acceptors (Lipinski definition) is 4. The van der Waals surface area contributed by atoms with Crippen molar-refractivity contribution < 1.29 is 35.9 Å². The number of hydrogen-bond donors (Lipinski definition) is 0. The van der Waals surface area contributed by atoms with E-state index in [9.17, 15) is 0 Å². The van der Waals surface area contributed by atoms with E-state index in [0.717, 1.165) is 44.5 Å². The third kappa shape index (κ3) is 10.9. The molecule has 4 fully saturated rings. The van der Waals surface area contributed by atoms with E-state index < -0.39 is 0 Å². The Morgan fingerprint density at radius 2 is 0.978 bits per heavy atom. The Labute approximate surface area is 297 Å². The van der Waals surface area contributed by atoms with E-state index in [1.165, 1.54) is 63.4 Å². The van der Waals surface area contributed by atoms with Crippen LogP contribution in [0.15, 0.2) is 53.0 Å². The molecule has 0 unspecified atom stereocenters. The van der Waals surface area contributed by atoms with E-state index in [0.29, 0.717) is 0 Å². The Morgan fingerprint density at radius 3 is 1.31 bits per heavy atom. The van der Waals surface area contributed by atoms with Crippen LogP contribution in [0.4, 0.5) is 0 Å². The van der Waals surface area contributed by atoms with Crippen molar-refractivity contribution in [2.75, 3.05) is 0 Å². The van der Waals surface area contributed by atoms with Gasteiger partial charge in [0.05, 0.1) is 22.4 Å². The van der Waals surface area contributed by atoms with Crippen LogP contribution < -0.4 is 10.9 Å². The van der Waals surface area contributed by atoms with Gasteiger partial charge in [0, 0.05) is 4.47 Å². The van der Waals surface area contributed by atoms with Gasteiger partial charge in [-0.05, 0) is 96.4 Å². The Bertz CT molecular complexity index is 1130. The van der Waals surface area contributed by atoms with Gasteiger partial charge in [-0.3, -0.25) is 0 Å². The topological polar surface area (TPSA) is 36.9 Å². The SMILES string of the molecule is CC1(C)OB(c2ccc(Br)cc2)OC1(C)C.CC1(C)OB(c2ccc(CC3CCCC3)cc2)OC1(C)C.[CH2-]C1CCCC1.[Cl][Zn+]. The molecular weight excluding hydrogens is 699 g/mol. The van der Waals surface area contributed by atoms with Crippen molar-refractivity contribution in [2.45, 2.75) is 136 Å². The van der Waals surface area contributed by atoms with Crippen LogP contribution in [-0.2, 0) is 42.3 Å². The van der Waals surface area contributed by atoms with Gasteiger partial charge < -0.3 is 25.5 Å². The normalized spacial score (nSPS) is 23.0. The summed E-state index contributed by atoms with van der Waals surface area (Å²) in [7, 11) is 4.26.